The maximum atomic E-state index is 5.23. The molecule has 0 atom stereocenters. The topological polar surface area (TPSA) is 24.1 Å². The molecule has 0 saturated carbocycles. The molecule has 0 saturated heterocycles. The molecule has 2 rings (SSSR count). The molecule has 0 aliphatic carbocycles. The van der Waals surface area contributed by atoms with Gasteiger partial charge >= 0.3 is 0 Å². The minimum Gasteiger partial charge on any atom is -0.385 e. The van der Waals surface area contributed by atoms with Gasteiger partial charge in [0.25, 0.3) is 0 Å². The molecule has 0 radical (unpaired) electrons. The Labute approximate surface area is 110 Å². The predicted octanol–water partition coefficient (Wildman–Crippen LogP) is 2.94. The Morgan fingerprint density at radius 3 is 3.17 bits per heavy atom. The van der Waals surface area contributed by atoms with Crippen molar-refractivity contribution in [3.05, 3.63) is 29.3 Å². The lowest BCUT2D eigenvalue weighted by atomic mass is 9.99. The van der Waals surface area contributed by atoms with Crippen molar-refractivity contribution in [2.24, 2.45) is 0 Å². The van der Waals surface area contributed by atoms with Gasteiger partial charge in [0, 0.05) is 25.2 Å². The summed E-state index contributed by atoms with van der Waals surface area (Å²) in [5, 5.41) is 7.03. The van der Waals surface area contributed by atoms with E-state index in [0.717, 1.165) is 38.9 Å². The number of aryl methyl sites for hydroxylation is 1. The van der Waals surface area contributed by atoms with E-state index in [9.17, 15) is 0 Å². The van der Waals surface area contributed by atoms with Crippen LogP contribution in [-0.4, -0.2) is 13.1 Å². The second-order valence-corrected chi connectivity index (χ2v) is 4.82. The molecule has 96 valence electrons. The molecule has 1 aromatic rings. The number of fused-ring (bicyclic) bond motifs is 1. The summed E-state index contributed by atoms with van der Waals surface area (Å²) in [4.78, 5) is 0. The maximum Gasteiger partial charge on any atom is 0.0418 e. The van der Waals surface area contributed by atoms with E-state index in [-0.39, 0.29) is 0 Å². The maximum absolute atomic E-state index is 5.23. The van der Waals surface area contributed by atoms with Gasteiger partial charge in [0.2, 0.25) is 0 Å². The van der Waals surface area contributed by atoms with E-state index in [4.69, 9.17) is 6.42 Å². The first-order valence-electron chi connectivity index (χ1n) is 6.90. The van der Waals surface area contributed by atoms with Gasteiger partial charge in [-0.15, -0.1) is 12.3 Å². The predicted molar refractivity (Wildman–Crippen MR) is 77.6 cm³/mol. The highest BCUT2D eigenvalue weighted by atomic mass is 14.9. The lowest BCUT2D eigenvalue weighted by Gasteiger charge is -2.21. The zero-order chi connectivity index (χ0) is 12.6. The molecule has 1 heterocycles. The van der Waals surface area contributed by atoms with E-state index in [2.05, 4.69) is 34.8 Å². The lowest BCUT2D eigenvalue weighted by molar-refractivity contribution is 0.629. The average molecular weight is 242 g/mol. The zero-order valence-electron chi connectivity index (χ0n) is 11.0. The number of terminal acetylenes is 1. The normalized spacial score (nSPS) is 13.5. The second kappa shape index (κ2) is 7.08. The third-order valence-corrected chi connectivity index (χ3v) is 3.40. The number of hydrogen-bond donors (Lipinski definition) is 2. The van der Waals surface area contributed by atoms with Crippen molar-refractivity contribution in [2.45, 2.75) is 38.6 Å². The third kappa shape index (κ3) is 3.51. The quantitative estimate of drug-likeness (QED) is 0.592. The fraction of sp³-hybridized carbons (Fsp3) is 0.500. The fourth-order valence-corrected chi connectivity index (χ4v) is 2.43. The molecular formula is C16H22N2. The summed E-state index contributed by atoms with van der Waals surface area (Å²) < 4.78 is 0. The summed E-state index contributed by atoms with van der Waals surface area (Å²) in [6, 6.07) is 6.62. The van der Waals surface area contributed by atoms with Crippen LogP contribution < -0.4 is 10.6 Å². The number of nitrogens with one attached hydrogen (secondary N) is 2. The van der Waals surface area contributed by atoms with Gasteiger partial charge < -0.3 is 10.6 Å². The number of anilines is 1. The highest BCUT2D eigenvalue weighted by molar-refractivity contribution is 5.59. The number of hydrogen-bond acceptors (Lipinski definition) is 2. The first-order valence-corrected chi connectivity index (χ1v) is 6.90. The highest BCUT2D eigenvalue weighted by Crippen LogP contribution is 2.25. The van der Waals surface area contributed by atoms with E-state index in [1.54, 1.807) is 0 Å². The van der Waals surface area contributed by atoms with Gasteiger partial charge in [-0.2, -0.15) is 0 Å². The van der Waals surface area contributed by atoms with E-state index in [1.165, 1.54) is 29.7 Å². The van der Waals surface area contributed by atoms with Crippen molar-refractivity contribution in [1.82, 2.24) is 5.32 Å². The molecule has 0 aromatic heterocycles. The third-order valence-electron chi connectivity index (χ3n) is 3.40. The Hall–Kier alpha value is -1.46. The van der Waals surface area contributed by atoms with Crippen LogP contribution in [0, 0.1) is 12.3 Å². The summed E-state index contributed by atoms with van der Waals surface area (Å²) in [6.45, 7) is 3.10. The molecule has 0 fully saturated rings. The molecule has 18 heavy (non-hydrogen) atoms. The molecule has 1 aliphatic rings. The van der Waals surface area contributed by atoms with Crippen molar-refractivity contribution >= 4 is 5.69 Å². The molecule has 1 aliphatic heterocycles. The van der Waals surface area contributed by atoms with Gasteiger partial charge in [0.05, 0.1) is 0 Å². The van der Waals surface area contributed by atoms with Crippen LogP contribution in [-0.2, 0) is 13.0 Å². The Kier molecular flexibility index (Phi) is 5.11. The largest absolute Gasteiger partial charge is 0.385 e. The molecule has 0 unspecified atom stereocenters. The first-order chi connectivity index (χ1) is 8.92. The molecule has 0 bridgehead atoms. The van der Waals surface area contributed by atoms with Crippen LogP contribution in [0.1, 0.15) is 36.8 Å². The minimum absolute atomic E-state index is 0.893. The first kappa shape index (κ1) is 13.0. The highest BCUT2D eigenvalue weighted by Gasteiger charge is 2.11. The second-order valence-electron chi connectivity index (χ2n) is 4.82. The van der Waals surface area contributed by atoms with Crippen LogP contribution in [0.2, 0.25) is 0 Å². The number of rotatable bonds is 6. The van der Waals surface area contributed by atoms with Crippen LogP contribution in [0.5, 0.6) is 0 Å². The van der Waals surface area contributed by atoms with Crippen LogP contribution >= 0.6 is 0 Å². The molecule has 1 aromatic carbocycles. The van der Waals surface area contributed by atoms with E-state index in [0.29, 0.717) is 0 Å². The molecule has 0 amide bonds. The standard InChI is InChI=1S/C16H22N2/c1-2-3-4-5-11-17-13-15-9-6-8-14-10-7-12-18-16(14)15/h1,6,8-9,17-18H,3-5,7,10-13H2. The van der Waals surface area contributed by atoms with Gasteiger partial charge in [-0.25, -0.2) is 0 Å². The molecular weight excluding hydrogens is 220 g/mol. The minimum atomic E-state index is 0.893. The fourth-order valence-electron chi connectivity index (χ4n) is 2.43. The van der Waals surface area contributed by atoms with Crippen molar-refractivity contribution < 1.29 is 0 Å². The van der Waals surface area contributed by atoms with Crippen LogP contribution in [0.3, 0.4) is 0 Å². The monoisotopic (exact) mass is 242 g/mol. The summed E-state index contributed by atoms with van der Waals surface area (Å²) >= 11 is 0. The van der Waals surface area contributed by atoms with Crippen molar-refractivity contribution in [2.75, 3.05) is 18.4 Å². The lowest BCUT2D eigenvalue weighted by Crippen LogP contribution is -2.19. The van der Waals surface area contributed by atoms with Gasteiger partial charge in [0.15, 0.2) is 0 Å². The zero-order valence-corrected chi connectivity index (χ0v) is 11.0. The van der Waals surface area contributed by atoms with Crippen molar-refractivity contribution in [3.8, 4) is 12.3 Å². The van der Waals surface area contributed by atoms with Gasteiger partial charge in [-0.3, -0.25) is 0 Å². The van der Waals surface area contributed by atoms with E-state index < -0.39 is 0 Å². The SMILES string of the molecule is C#CCCCCNCc1cccc2c1NCCC2. The Bertz CT molecular complexity index is 418. The summed E-state index contributed by atoms with van der Waals surface area (Å²) in [7, 11) is 0. The van der Waals surface area contributed by atoms with Crippen LogP contribution in [0.15, 0.2) is 18.2 Å². The van der Waals surface area contributed by atoms with Crippen molar-refractivity contribution in [1.29, 1.82) is 0 Å². The number of unbranched alkanes of at least 4 members (excludes halogenated alkanes) is 2. The molecule has 2 heteroatoms. The molecule has 2 N–H and O–H groups in total. The molecule has 0 spiro atoms. The summed E-state index contributed by atoms with van der Waals surface area (Å²) in [5.41, 5.74) is 4.22. The van der Waals surface area contributed by atoms with E-state index in [1.807, 2.05) is 0 Å². The van der Waals surface area contributed by atoms with Crippen LogP contribution in [0.25, 0.3) is 0 Å². The van der Waals surface area contributed by atoms with E-state index >= 15 is 0 Å². The summed E-state index contributed by atoms with van der Waals surface area (Å²) in [6.07, 6.45) is 10.9. The summed E-state index contributed by atoms with van der Waals surface area (Å²) in [5.74, 6) is 2.68. The van der Waals surface area contributed by atoms with Gasteiger partial charge in [-0.05, 0) is 43.4 Å². The van der Waals surface area contributed by atoms with Gasteiger partial charge in [-0.1, -0.05) is 18.2 Å². The average Bonchev–Trinajstić information content (AvgIpc) is 2.43. The van der Waals surface area contributed by atoms with Crippen LogP contribution in [0.4, 0.5) is 5.69 Å². The van der Waals surface area contributed by atoms with Crippen molar-refractivity contribution in [3.63, 3.8) is 0 Å². The van der Waals surface area contributed by atoms with Gasteiger partial charge in [0.1, 0.15) is 0 Å². The smallest absolute Gasteiger partial charge is 0.0418 e. The Balaban J connectivity index is 1.81. The number of para-hydroxylation sites is 1. The Morgan fingerprint density at radius 1 is 1.33 bits per heavy atom. The number of benzene rings is 1. The molecule has 2 nitrogen and oxygen atoms in total. The Morgan fingerprint density at radius 2 is 2.28 bits per heavy atom.